The molecular weight excluding hydrogens is 252 g/mol. The Morgan fingerprint density at radius 2 is 1.94 bits per heavy atom. The molecule has 0 radical (unpaired) electrons. The normalized spacial score (nSPS) is 24.7. The first kappa shape index (κ1) is 15.1. The summed E-state index contributed by atoms with van der Waals surface area (Å²) in [5.41, 5.74) is 8.87. The second-order valence-electron chi connectivity index (χ2n) is 5.36. The Balaban J connectivity index is 3.05. The maximum Gasteiger partial charge on any atom is 0.447 e. The Bertz CT molecular complexity index is 476. The van der Waals surface area contributed by atoms with Crippen LogP contribution < -0.4 is 0 Å². The maximum atomic E-state index is 12.3. The van der Waals surface area contributed by atoms with Gasteiger partial charge in [-0.15, -0.1) is 4.79 Å². The zero-order valence-electron chi connectivity index (χ0n) is 11.1. The molecule has 0 heterocycles. The van der Waals surface area contributed by atoms with Gasteiger partial charge in [0.05, 0.1) is 5.25 Å². The van der Waals surface area contributed by atoms with Crippen molar-refractivity contribution in [2.75, 3.05) is 0 Å². The van der Waals surface area contributed by atoms with Crippen molar-refractivity contribution < 1.29 is 18.0 Å². The largest absolute Gasteiger partial charge is 0.447 e. The monoisotopic (exact) mass is 272 g/mol. The first-order chi connectivity index (χ1) is 8.30. The Labute approximate surface area is 108 Å². The van der Waals surface area contributed by atoms with Crippen molar-refractivity contribution in [3.63, 3.8) is 0 Å². The zero-order chi connectivity index (χ0) is 13.9. The molecule has 6 heteroatoms. The summed E-state index contributed by atoms with van der Waals surface area (Å²) in [4.78, 5) is 14.5. The van der Waals surface area contributed by atoms with Crippen LogP contribution >= 0.6 is 0 Å². The van der Waals surface area contributed by atoms with Crippen molar-refractivity contribution in [3.8, 4) is 0 Å². The van der Waals surface area contributed by atoms with Crippen LogP contribution in [0.25, 0.3) is 5.53 Å². The van der Waals surface area contributed by atoms with Gasteiger partial charge >= 0.3 is 5.04 Å². The number of carbonyl (C=O) groups is 1. The standard InChI is InChI=1S/C12H20N2O3S/c1-8(2)11(15)12(14-13)18(16,17)10-6-4-5-9(3)7-10/h8-10H,4-7H2,1-3H3. The number of carbonyl (C=O) groups excluding carboxylic acids is 1. The van der Waals surface area contributed by atoms with Crippen LogP contribution in [0.2, 0.25) is 0 Å². The molecule has 0 spiro atoms. The minimum atomic E-state index is -3.80. The maximum absolute atomic E-state index is 12.3. The van der Waals surface area contributed by atoms with Gasteiger partial charge in [-0.1, -0.05) is 33.6 Å². The molecule has 2 unspecified atom stereocenters. The quantitative estimate of drug-likeness (QED) is 0.340. The molecule has 102 valence electrons. The molecule has 0 N–H and O–H groups in total. The summed E-state index contributed by atoms with van der Waals surface area (Å²) in [6.07, 6.45) is 2.92. The second-order valence-corrected chi connectivity index (χ2v) is 7.51. The molecule has 5 nitrogen and oxygen atoms in total. The summed E-state index contributed by atoms with van der Waals surface area (Å²) in [6, 6.07) is 0. The van der Waals surface area contributed by atoms with Gasteiger partial charge in [0.25, 0.3) is 15.6 Å². The van der Waals surface area contributed by atoms with Crippen molar-refractivity contribution >= 4 is 20.7 Å². The second kappa shape index (κ2) is 5.76. The summed E-state index contributed by atoms with van der Waals surface area (Å²) in [5.74, 6) is -0.782. The fourth-order valence-electron chi connectivity index (χ4n) is 2.31. The minimum absolute atomic E-state index is 0.326. The van der Waals surface area contributed by atoms with Crippen LogP contribution in [-0.4, -0.2) is 29.3 Å². The summed E-state index contributed by atoms with van der Waals surface area (Å²) in [5, 5.41) is -1.26. The number of hydrogen-bond acceptors (Lipinski definition) is 3. The first-order valence-electron chi connectivity index (χ1n) is 6.30. The van der Waals surface area contributed by atoms with Crippen LogP contribution in [0.4, 0.5) is 0 Å². The highest BCUT2D eigenvalue weighted by Gasteiger charge is 2.44. The van der Waals surface area contributed by atoms with Gasteiger partial charge in [0.15, 0.2) is 0 Å². The Hall–Kier alpha value is -1.00. The SMILES string of the molecule is CC1CCCC(S(=O)(=O)C(=[N+]=[N-])C(=O)C(C)C)C1. The molecule has 1 saturated carbocycles. The Morgan fingerprint density at radius 3 is 2.39 bits per heavy atom. The lowest BCUT2D eigenvalue weighted by molar-refractivity contribution is -0.119. The van der Waals surface area contributed by atoms with Crippen LogP contribution in [0, 0.1) is 11.8 Å². The highest BCUT2D eigenvalue weighted by atomic mass is 32.2. The molecule has 18 heavy (non-hydrogen) atoms. The van der Waals surface area contributed by atoms with Crippen molar-refractivity contribution in [2.24, 2.45) is 11.8 Å². The van der Waals surface area contributed by atoms with Gasteiger partial charge in [0.1, 0.15) is 0 Å². The zero-order valence-corrected chi connectivity index (χ0v) is 11.9. The van der Waals surface area contributed by atoms with Gasteiger partial charge in [-0.05, 0) is 18.8 Å². The molecule has 0 aromatic rings. The topological polar surface area (TPSA) is 87.6 Å². The van der Waals surface area contributed by atoms with Crippen LogP contribution in [0.15, 0.2) is 0 Å². The van der Waals surface area contributed by atoms with E-state index in [1.54, 1.807) is 13.8 Å². The lowest BCUT2D eigenvalue weighted by Gasteiger charge is -2.24. The first-order valence-corrected chi connectivity index (χ1v) is 7.85. The molecule has 0 bridgehead atoms. The number of Topliss-reactive ketones (excluding diaryl/α,β-unsaturated/α-hetero) is 1. The van der Waals surface area contributed by atoms with Gasteiger partial charge in [-0.3, -0.25) is 4.79 Å². The van der Waals surface area contributed by atoms with Gasteiger partial charge in [0, 0.05) is 5.92 Å². The average Bonchev–Trinajstić information content (AvgIpc) is 2.29. The molecule has 1 aliphatic carbocycles. The molecule has 0 saturated heterocycles. The Kier molecular flexibility index (Phi) is 4.82. The van der Waals surface area contributed by atoms with Gasteiger partial charge in [0.2, 0.25) is 0 Å². The molecule has 2 atom stereocenters. The number of nitrogens with zero attached hydrogens (tertiary/aromatic N) is 2. The third-order valence-corrected chi connectivity index (χ3v) is 5.55. The third kappa shape index (κ3) is 3.06. The van der Waals surface area contributed by atoms with Crippen molar-refractivity contribution in [1.82, 2.24) is 0 Å². The number of rotatable bonds is 3. The van der Waals surface area contributed by atoms with Gasteiger partial charge < -0.3 is 5.53 Å². The summed E-state index contributed by atoms with van der Waals surface area (Å²) in [6.45, 7) is 5.18. The van der Waals surface area contributed by atoms with E-state index in [0.717, 1.165) is 12.8 Å². The molecule has 0 aromatic carbocycles. The smallest absolute Gasteiger partial charge is 0.360 e. The van der Waals surface area contributed by atoms with Crippen LogP contribution in [-0.2, 0) is 14.6 Å². The van der Waals surface area contributed by atoms with Crippen molar-refractivity contribution in [2.45, 2.75) is 51.7 Å². The van der Waals surface area contributed by atoms with E-state index in [-0.39, 0.29) is 0 Å². The van der Waals surface area contributed by atoms with Crippen LogP contribution in [0.5, 0.6) is 0 Å². The highest BCUT2D eigenvalue weighted by molar-refractivity contribution is 8.08. The number of sulfone groups is 1. The van der Waals surface area contributed by atoms with E-state index < -0.39 is 31.8 Å². The predicted molar refractivity (Wildman–Crippen MR) is 68.8 cm³/mol. The van der Waals surface area contributed by atoms with E-state index in [1.807, 2.05) is 6.92 Å². The van der Waals surface area contributed by atoms with E-state index in [0.29, 0.717) is 18.8 Å². The molecule has 0 aliphatic heterocycles. The van der Waals surface area contributed by atoms with Crippen molar-refractivity contribution in [3.05, 3.63) is 5.53 Å². The third-order valence-electron chi connectivity index (χ3n) is 3.42. The Morgan fingerprint density at radius 1 is 1.33 bits per heavy atom. The predicted octanol–water partition coefficient (Wildman–Crippen LogP) is 1.83. The average molecular weight is 272 g/mol. The molecule has 1 fully saturated rings. The molecule has 0 amide bonds. The number of hydrogen-bond donors (Lipinski definition) is 0. The molecule has 1 aliphatic rings. The van der Waals surface area contributed by atoms with E-state index >= 15 is 0 Å². The fraction of sp³-hybridized carbons (Fsp3) is 0.833. The van der Waals surface area contributed by atoms with E-state index in [4.69, 9.17) is 5.53 Å². The minimum Gasteiger partial charge on any atom is -0.360 e. The summed E-state index contributed by atoms with van der Waals surface area (Å²) < 4.78 is 24.6. The fourth-order valence-corrected chi connectivity index (χ4v) is 4.32. The molecule has 0 aromatic heterocycles. The van der Waals surface area contributed by atoms with E-state index in [2.05, 4.69) is 4.79 Å². The van der Waals surface area contributed by atoms with E-state index in [9.17, 15) is 13.2 Å². The van der Waals surface area contributed by atoms with Crippen LogP contribution in [0.3, 0.4) is 0 Å². The lowest BCUT2D eigenvalue weighted by Crippen LogP contribution is -2.38. The summed E-state index contributed by atoms with van der Waals surface area (Å²) in [7, 11) is -3.80. The molecule has 1 rings (SSSR count). The summed E-state index contributed by atoms with van der Waals surface area (Å²) >= 11 is 0. The van der Waals surface area contributed by atoms with Gasteiger partial charge in [-0.25, -0.2) is 8.42 Å². The number of ketones is 1. The van der Waals surface area contributed by atoms with Crippen LogP contribution in [0.1, 0.15) is 46.5 Å². The van der Waals surface area contributed by atoms with Gasteiger partial charge in [-0.2, -0.15) is 0 Å². The highest BCUT2D eigenvalue weighted by Crippen LogP contribution is 2.29. The molecular formula is C12H20N2O3S. The lowest BCUT2D eigenvalue weighted by atomic mass is 9.91. The van der Waals surface area contributed by atoms with E-state index in [1.165, 1.54) is 0 Å². The van der Waals surface area contributed by atoms with Crippen molar-refractivity contribution in [1.29, 1.82) is 0 Å².